The maximum absolute atomic E-state index is 12.2. The van der Waals surface area contributed by atoms with Crippen LogP contribution in [0.25, 0.3) is 0 Å². The van der Waals surface area contributed by atoms with Gasteiger partial charge in [0.15, 0.2) is 5.82 Å². The minimum absolute atomic E-state index is 0.0568. The first-order valence-corrected chi connectivity index (χ1v) is 9.47. The van der Waals surface area contributed by atoms with Crippen LogP contribution in [-0.2, 0) is 10.0 Å². The van der Waals surface area contributed by atoms with Crippen LogP contribution in [0.1, 0.15) is 30.1 Å². The van der Waals surface area contributed by atoms with Gasteiger partial charge >= 0.3 is 0 Å². The number of benzene rings is 1. The highest BCUT2D eigenvalue weighted by molar-refractivity contribution is 7.89. The summed E-state index contributed by atoms with van der Waals surface area (Å²) < 4.78 is 24.4. The first-order chi connectivity index (χ1) is 12.7. The second-order valence-corrected chi connectivity index (χ2v) is 7.64. The maximum atomic E-state index is 12.2. The van der Waals surface area contributed by atoms with Crippen molar-refractivity contribution in [3.8, 4) is 0 Å². The van der Waals surface area contributed by atoms with E-state index in [0.717, 1.165) is 5.56 Å². The van der Waals surface area contributed by atoms with Crippen LogP contribution in [0.4, 0.5) is 0 Å². The summed E-state index contributed by atoms with van der Waals surface area (Å²) in [7, 11) is -3.85. The molecule has 3 atom stereocenters. The summed E-state index contributed by atoms with van der Waals surface area (Å²) in [5, 5.41) is 41.7. The van der Waals surface area contributed by atoms with E-state index in [9.17, 15) is 23.7 Å². The fourth-order valence-corrected chi connectivity index (χ4v) is 2.98. The summed E-state index contributed by atoms with van der Waals surface area (Å²) in [5.41, 5.74) is 1.17. The Morgan fingerprint density at radius 2 is 1.89 bits per heavy atom. The number of imidazole rings is 1. The lowest BCUT2D eigenvalue weighted by molar-refractivity contribution is -0.0788. The van der Waals surface area contributed by atoms with Crippen molar-refractivity contribution in [2.75, 3.05) is 6.61 Å². The number of aryl methyl sites for hydroxylation is 1. The third kappa shape index (κ3) is 5.11. The van der Waals surface area contributed by atoms with Gasteiger partial charge in [-0.25, -0.2) is 4.98 Å². The van der Waals surface area contributed by atoms with Crippen LogP contribution < -0.4 is 4.83 Å². The molecule has 11 heteroatoms. The molecule has 0 radical (unpaired) electrons. The smallest absolute Gasteiger partial charge is 0.276 e. The molecule has 0 aliphatic carbocycles. The maximum Gasteiger partial charge on any atom is 0.276 e. The highest BCUT2D eigenvalue weighted by atomic mass is 32.2. The molecular formula is C16H22N4O6S. The normalized spacial score (nSPS) is 16.0. The number of sulfonamides is 1. The number of hydrogen-bond acceptors (Lipinski definition) is 8. The van der Waals surface area contributed by atoms with Crippen molar-refractivity contribution < 1.29 is 28.8 Å². The van der Waals surface area contributed by atoms with Crippen LogP contribution in [0.3, 0.4) is 0 Å². The van der Waals surface area contributed by atoms with Crippen molar-refractivity contribution in [3.05, 3.63) is 47.5 Å². The number of hydrazone groups is 1. The van der Waals surface area contributed by atoms with Gasteiger partial charge in [0.05, 0.1) is 23.4 Å². The molecule has 1 aromatic heterocycles. The summed E-state index contributed by atoms with van der Waals surface area (Å²) >= 11 is 0. The van der Waals surface area contributed by atoms with E-state index in [1.807, 2.05) is 6.92 Å². The van der Waals surface area contributed by atoms with Gasteiger partial charge in [-0.15, -0.1) is 0 Å². The largest absolute Gasteiger partial charge is 0.394 e. The molecule has 10 nitrogen and oxygen atoms in total. The average Bonchev–Trinajstić information content (AvgIpc) is 3.15. The van der Waals surface area contributed by atoms with E-state index in [2.05, 4.69) is 19.9 Å². The van der Waals surface area contributed by atoms with E-state index < -0.39 is 34.9 Å². The highest BCUT2D eigenvalue weighted by Gasteiger charge is 2.27. The van der Waals surface area contributed by atoms with Gasteiger partial charge in [-0.1, -0.05) is 17.7 Å². The first kappa shape index (κ1) is 21.0. The van der Waals surface area contributed by atoms with E-state index >= 15 is 0 Å². The summed E-state index contributed by atoms with van der Waals surface area (Å²) in [6.07, 6.45) is -3.46. The number of aliphatic hydroxyl groups is 4. The van der Waals surface area contributed by atoms with Gasteiger partial charge in [0.25, 0.3) is 10.0 Å². The zero-order valence-electron chi connectivity index (χ0n) is 14.7. The Hall–Kier alpha value is -2.31. The number of aliphatic hydroxyl groups excluding tert-OH is 4. The summed E-state index contributed by atoms with van der Waals surface area (Å²) in [6, 6.07) is 6.24. The molecule has 0 bridgehead atoms. The van der Waals surface area contributed by atoms with Gasteiger partial charge in [0.2, 0.25) is 0 Å². The third-order valence-electron chi connectivity index (χ3n) is 3.83. The van der Waals surface area contributed by atoms with Crippen LogP contribution in [-0.4, -0.2) is 63.3 Å². The zero-order valence-corrected chi connectivity index (χ0v) is 15.6. The molecule has 2 rings (SSSR count). The number of rotatable bonds is 8. The molecule has 1 heterocycles. The van der Waals surface area contributed by atoms with Crippen LogP contribution in [0.15, 0.2) is 40.5 Å². The van der Waals surface area contributed by atoms with Crippen molar-refractivity contribution >= 4 is 15.7 Å². The molecule has 2 aromatic rings. The summed E-state index contributed by atoms with van der Waals surface area (Å²) in [6.45, 7) is 2.61. The molecule has 0 aliphatic heterocycles. The van der Waals surface area contributed by atoms with Gasteiger partial charge in [-0.2, -0.15) is 18.4 Å². The van der Waals surface area contributed by atoms with Gasteiger partial charge in [-0.05, 0) is 26.0 Å². The number of H-pyrrole nitrogens is 1. The number of aromatic nitrogens is 2. The lowest BCUT2D eigenvalue weighted by Crippen LogP contribution is -2.34. The molecule has 6 N–H and O–H groups in total. The minimum Gasteiger partial charge on any atom is -0.394 e. The van der Waals surface area contributed by atoms with E-state index in [4.69, 9.17) is 5.11 Å². The van der Waals surface area contributed by atoms with Crippen LogP contribution >= 0.6 is 0 Å². The number of aromatic amines is 1. The fourth-order valence-electron chi connectivity index (χ4n) is 2.12. The van der Waals surface area contributed by atoms with Gasteiger partial charge in [0.1, 0.15) is 24.0 Å². The van der Waals surface area contributed by atoms with Crippen LogP contribution in [0.2, 0.25) is 0 Å². The molecule has 27 heavy (non-hydrogen) atoms. The lowest BCUT2D eigenvalue weighted by atomic mass is 10.1. The molecule has 0 spiro atoms. The average molecular weight is 398 g/mol. The predicted molar refractivity (Wildman–Crippen MR) is 96.4 cm³/mol. The monoisotopic (exact) mass is 398 g/mol. The minimum atomic E-state index is -3.85. The van der Waals surface area contributed by atoms with Gasteiger partial charge in [0, 0.05) is 0 Å². The Morgan fingerprint density at radius 1 is 1.26 bits per heavy atom. The zero-order chi connectivity index (χ0) is 20.2. The van der Waals surface area contributed by atoms with Crippen molar-refractivity contribution in [1.82, 2.24) is 14.8 Å². The van der Waals surface area contributed by atoms with Crippen molar-refractivity contribution in [2.24, 2.45) is 5.10 Å². The Bertz CT molecular complexity index is 894. The highest BCUT2D eigenvalue weighted by Crippen LogP contribution is 2.17. The fraction of sp³-hybridized carbons (Fsp3) is 0.375. The predicted octanol–water partition coefficient (Wildman–Crippen LogP) is -0.832. The molecule has 0 fully saturated rings. The molecule has 0 amide bonds. The molecule has 148 valence electrons. The Labute approximate surface area is 156 Å². The van der Waals surface area contributed by atoms with E-state index in [0.29, 0.717) is 0 Å². The van der Waals surface area contributed by atoms with E-state index in [-0.39, 0.29) is 22.1 Å². The van der Waals surface area contributed by atoms with Gasteiger partial charge < -0.3 is 25.4 Å². The van der Waals surface area contributed by atoms with Gasteiger partial charge in [-0.3, -0.25) is 0 Å². The second kappa shape index (κ2) is 8.59. The quantitative estimate of drug-likeness (QED) is 0.249. The molecule has 0 aliphatic rings. The summed E-state index contributed by atoms with van der Waals surface area (Å²) in [4.78, 5) is 8.78. The third-order valence-corrected chi connectivity index (χ3v) is 5.05. The topological polar surface area (TPSA) is 168 Å². The number of hydrogen-bond donors (Lipinski definition) is 6. The van der Waals surface area contributed by atoms with Crippen molar-refractivity contribution in [3.63, 3.8) is 0 Å². The Balaban J connectivity index is 2.12. The van der Waals surface area contributed by atoms with Crippen LogP contribution in [0.5, 0.6) is 0 Å². The second-order valence-electron chi connectivity index (χ2n) is 5.98. The van der Waals surface area contributed by atoms with E-state index in [1.165, 1.54) is 25.3 Å². The van der Waals surface area contributed by atoms with Crippen LogP contribution in [0, 0.1) is 6.92 Å². The molecular weight excluding hydrogens is 376 g/mol. The molecule has 1 aromatic carbocycles. The van der Waals surface area contributed by atoms with Crippen molar-refractivity contribution in [2.45, 2.75) is 37.1 Å². The molecule has 0 saturated carbocycles. The molecule has 0 unspecified atom stereocenters. The lowest BCUT2D eigenvalue weighted by Gasteiger charge is -2.20. The number of nitrogens with one attached hydrogen (secondary N) is 2. The SMILES string of the molecule is C/C(=N/NS(=O)(=O)c1ccc(C)cc1)c1ncc([C@@H](O)[C@@H](O)[C@H](O)CO)[nH]1. The Morgan fingerprint density at radius 3 is 2.48 bits per heavy atom. The van der Waals surface area contributed by atoms with E-state index in [1.54, 1.807) is 12.1 Å². The first-order valence-electron chi connectivity index (χ1n) is 7.99. The molecule has 0 saturated heterocycles. The standard InChI is InChI=1S/C16H22N4O6S/c1-9-3-5-11(6-4-9)27(25,26)20-19-10(2)16-17-7-12(18-16)14(23)15(24)13(22)8-21/h3-7,13-15,20-24H,8H2,1-2H3,(H,17,18)/b19-10-/t13-,14-,15+/m1/s1. The van der Waals surface area contributed by atoms with Crippen molar-refractivity contribution in [1.29, 1.82) is 0 Å². The Kier molecular flexibility index (Phi) is 6.68. The number of nitrogens with zero attached hydrogens (tertiary/aromatic N) is 2. The summed E-state index contributed by atoms with van der Waals surface area (Å²) in [5.74, 6) is 0.154.